The van der Waals surface area contributed by atoms with Gasteiger partial charge in [-0.1, -0.05) is 43.2 Å². The molecule has 4 aliphatic carbocycles. The van der Waals surface area contributed by atoms with Crippen molar-refractivity contribution in [2.24, 2.45) is 28.6 Å². The second kappa shape index (κ2) is 8.74. The monoisotopic (exact) mass is 501 g/mol. The van der Waals surface area contributed by atoms with Gasteiger partial charge in [0, 0.05) is 43.2 Å². The van der Waals surface area contributed by atoms with E-state index in [1.165, 1.54) is 11.1 Å². The summed E-state index contributed by atoms with van der Waals surface area (Å²) in [5.41, 5.74) is 0.602. The van der Waals surface area contributed by atoms with Crippen LogP contribution < -0.4 is 4.90 Å². The number of piperazine rings is 1. The number of rotatable bonds is 4. The summed E-state index contributed by atoms with van der Waals surface area (Å²) in [6.07, 6.45) is 13.2. The Kier molecular flexibility index (Phi) is 5.85. The molecular weight excluding hydrogens is 462 g/mol. The van der Waals surface area contributed by atoms with Crippen molar-refractivity contribution in [2.45, 2.75) is 52.1 Å². The first-order valence-corrected chi connectivity index (χ1v) is 14.0. The number of aromatic nitrogens is 1. The third kappa shape index (κ3) is 3.63. The van der Waals surface area contributed by atoms with Gasteiger partial charge in [0.2, 0.25) is 0 Å². The zero-order valence-electron chi connectivity index (χ0n) is 22.3. The topological polar surface area (TPSA) is 73.7 Å². The van der Waals surface area contributed by atoms with E-state index in [1.807, 2.05) is 30.5 Å². The van der Waals surface area contributed by atoms with Gasteiger partial charge in [-0.25, -0.2) is 4.98 Å². The van der Waals surface area contributed by atoms with Crippen LogP contribution in [0.5, 0.6) is 0 Å². The molecule has 1 aliphatic heterocycles. The third-order valence-corrected chi connectivity index (χ3v) is 10.7. The smallest absolute Gasteiger partial charge is 0.179 e. The van der Waals surface area contributed by atoms with Crippen LogP contribution in [-0.4, -0.2) is 64.9 Å². The molecule has 1 aromatic rings. The maximum atomic E-state index is 13.9. The summed E-state index contributed by atoms with van der Waals surface area (Å²) in [7, 11) is 0. The average molecular weight is 502 g/mol. The number of Topliss-reactive ketones (excluding diaryl/α,β-unsaturated/α-hetero) is 1. The largest absolute Gasteiger partial charge is 0.381 e. The molecule has 1 saturated heterocycles. The molecule has 6 atom stereocenters. The Balaban J connectivity index is 1.20. The van der Waals surface area contributed by atoms with Gasteiger partial charge >= 0.3 is 0 Å². The summed E-state index contributed by atoms with van der Waals surface area (Å²) < 4.78 is 0. The van der Waals surface area contributed by atoms with Crippen molar-refractivity contribution in [1.82, 2.24) is 9.88 Å². The van der Waals surface area contributed by atoms with Crippen LogP contribution in [0, 0.1) is 28.6 Å². The van der Waals surface area contributed by atoms with Crippen LogP contribution in [0.1, 0.15) is 46.5 Å². The van der Waals surface area contributed by atoms with Gasteiger partial charge in [0.15, 0.2) is 11.6 Å². The van der Waals surface area contributed by atoms with Gasteiger partial charge < -0.3 is 10.0 Å². The van der Waals surface area contributed by atoms with E-state index < -0.39 is 11.0 Å². The van der Waals surface area contributed by atoms with E-state index >= 15 is 0 Å². The Morgan fingerprint density at radius 2 is 1.97 bits per heavy atom. The summed E-state index contributed by atoms with van der Waals surface area (Å²) in [6.45, 7) is 10.0. The first-order chi connectivity index (χ1) is 17.7. The molecule has 2 heterocycles. The first kappa shape index (κ1) is 24.7. The molecule has 0 amide bonds. The summed E-state index contributed by atoms with van der Waals surface area (Å²) in [5, 5.41) is 12.3. The molecule has 5 aliphatic rings. The maximum Gasteiger partial charge on any atom is 0.179 e. The number of nitrogens with zero attached hydrogens (tertiary/aromatic N) is 3. The molecule has 1 aromatic heterocycles. The van der Waals surface area contributed by atoms with Gasteiger partial charge in [-0.2, -0.15) is 0 Å². The van der Waals surface area contributed by atoms with E-state index in [4.69, 9.17) is 0 Å². The van der Waals surface area contributed by atoms with Crippen molar-refractivity contribution in [3.8, 4) is 0 Å². The molecule has 3 fully saturated rings. The van der Waals surface area contributed by atoms with Gasteiger partial charge in [-0.05, 0) is 74.6 Å². The molecule has 0 spiro atoms. The molecule has 0 radical (unpaired) electrons. The normalized spacial score (nSPS) is 39.4. The molecule has 1 N–H and O–H groups in total. The van der Waals surface area contributed by atoms with E-state index in [0.29, 0.717) is 18.9 Å². The number of carbonyl (C=O) groups is 2. The van der Waals surface area contributed by atoms with E-state index in [9.17, 15) is 14.7 Å². The van der Waals surface area contributed by atoms with Gasteiger partial charge in [-0.3, -0.25) is 14.5 Å². The number of ketones is 2. The lowest BCUT2D eigenvalue weighted by molar-refractivity contribution is -0.159. The minimum absolute atomic E-state index is 0.0149. The minimum Gasteiger partial charge on any atom is -0.381 e. The fraction of sp³-hybridized carbons (Fsp3) is 0.581. The molecule has 6 heteroatoms. The molecule has 6 nitrogen and oxygen atoms in total. The van der Waals surface area contributed by atoms with Crippen LogP contribution in [0.15, 0.2) is 59.8 Å². The molecule has 196 valence electrons. The fourth-order valence-corrected chi connectivity index (χ4v) is 8.46. The van der Waals surface area contributed by atoms with E-state index in [2.05, 4.69) is 47.7 Å². The van der Waals surface area contributed by atoms with Crippen molar-refractivity contribution in [3.05, 3.63) is 59.8 Å². The van der Waals surface area contributed by atoms with E-state index in [0.717, 1.165) is 51.3 Å². The Morgan fingerprint density at radius 1 is 1.19 bits per heavy atom. The zero-order chi connectivity index (χ0) is 26.0. The van der Waals surface area contributed by atoms with Crippen LogP contribution in [0.2, 0.25) is 0 Å². The van der Waals surface area contributed by atoms with Crippen LogP contribution >= 0.6 is 0 Å². The number of fused-ring (bicyclic) bond motifs is 5. The van der Waals surface area contributed by atoms with E-state index in [1.54, 1.807) is 6.08 Å². The Hall–Kier alpha value is -2.57. The van der Waals surface area contributed by atoms with Crippen molar-refractivity contribution < 1.29 is 14.7 Å². The zero-order valence-corrected chi connectivity index (χ0v) is 22.3. The molecule has 6 rings (SSSR count). The lowest BCUT2D eigenvalue weighted by Gasteiger charge is -2.54. The Bertz CT molecular complexity index is 1200. The number of hydrogen-bond acceptors (Lipinski definition) is 6. The van der Waals surface area contributed by atoms with Crippen LogP contribution in [-0.2, 0) is 9.59 Å². The highest BCUT2D eigenvalue weighted by molar-refractivity contribution is 6.01. The first-order valence-electron chi connectivity index (χ1n) is 14.0. The molecule has 0 aromatic carbocycles. The number of aliphatic hydroxyl groups is 1. The summed E-state index contributed by atoms with van der Waals surface area (Å²) in [5.74, 6) is 1.58. The second-order valence-corrected chi connectivity index (χ2v) is 12.4. The third-order valence-electron chi connectivity index (χ3n) is 10.7. The van der Waals surface area contributed by atoms with Crippen molar-refractivity contribution in [2.75, 3.05) is 37.6 Å². The summed E-state index contributed by atoms with van der Waals surface area (Å²) in [4.78, 5) is 34.9. The van der Waals surface area contributed by atoms with Gasteiger partial charge in [0.1, 0.15) is 11.4 Å². The SMILES string of the molecule is C[C@@H]1C[C@H]2[C@@H]3CCC4=CC(=O)C=C[C@]4(C)C3=CC[C@]2(C)[C@@]1(O)C(=O)CN1CCN(c2ccccn2)CC1. The van der Waals surface area contributed by atoms with Gasteiger partial charge in [-0.15, -0.1) is 0 Å². The molecule has 0 unspecified atom stereocenters. The fourth-order valence-electron chi connectivity index (χ4n) is 8.46. The molecule has 2 saturated carbocycles. The van der Waals surface area contributed by atoms with Crippen molar-refractivity contribution in [1.29, 1.82) is 0 Å². The highest BCUT2D eigenvalue weighted by Gasteiger charge is 2.67. The van der Waals surface area contributed by atoms with Crippen molar-refractivity contribution in [3.63, 3.8) is 0 Å². The molecule has 0 bridgehead atoms. The Labute approximate surface area is 220 Å². The van der Waals surface area contributed by atoms with Gasteiger partial charge in [0.05, 0.1) is 6.54 Å². The van der Waals surface area contributed by atoms with Crippen LogP contribution in [0.3, 0.4) is 0 Å². The highest BCUT2D eigenvalue weighted by atomic mass is 16.3. The number of hydrogen-bond donors (Lipinski definition) is 1. The maximum absolute atomic E-state index is 13.9. The number of allylic oxidation sites excluding steroid dienone is 6. The minimum atomic E-state index is -1.33. The predicted octanol–water partition coefficient (Wildman–Crippen LogP) is 3.98. The quantitative estimate of drug-likeness (QED) is 0.630. The number of anilines is 1. The predicted molar refractivity (Wildman–Crippen MR) is 144 cm³/mol. The molecular formula is C31H39N3O3. The summed E-state index contributed by atoms with van der Waals surface area (Å²) >= 11 is 0. The van der Waals surface area contributed by atoms with Crippen LogP contribution in [0.4, 0.5) is 5.82 Å². The lowest BCUT2D eigenvalue weighted by Crippen LogP contribution is -2.60. The molecule has 37 heavy (non-hydrogen) atoms. The Morgan fingerprint density at radius 3 is 2.70 bits per heavy atom. The van der Waals surface area contributed by atoms with Gasteiger partial charge in [0.25, 0.3) is 0 Å². The van der Waals surface area contributed by atoms with Crippen molar-refractivity contribution >= 4 is 17.4 Å². The standard InChI is InChI=1S/C31H39N3O3/c1-21-18-26-24-8-7-22-19-23(35)9-11-29(22,2)25(24)10-12-30(26,3)31(21,37)27(36)20-33-14-16-34(17-15-33)28-6-4-5-13-32-28/h4-6,9-11,13,19,21,24,26,37H,7-8,12,14-18,20H2,1-3H3/t21-,24-,26+,29+,30+,31+/m1/s1. The lowest BCUT2D eigenvalue weighted by atomic mass is 9.51. The van der Waals surface area contributed by atoms with E-state index in [-0.39, 0.29) is 28.8 Å². The second-order valence-electron chi connectivity index (χ2n) is 12.4. The van der Waals surface area contributed by atoms with Crippen LogP contribution in [0.25, 0.3) is 0 Å². The highest BCUT2D eigenvalue weighted by Crippen LogP contribution is 2.66. The number of pyridine rings is 1. The number of carbonyl (C=O) groups excluding carboxylic acids is 2. The summed E-state index contributed by atoms with van der Waals surface area (Å²) in [6, 6.07) is 5.96. The average Bonchev–Trinajstić information content (AvgIpc) is 3.11.